The van der Waals surface area contributed by atoms with Crippen LogP contribution in [0.25, 0.3) is 10.8 Å². The number of nitrogens with zero attached hydrogens (tertiary/aromatic N) is 1. The van der Waals surface area contributed by atoms with Gasteiger partial charge in [-0.1, -0.05) is 68.4 Å². The van der Waals surface area contributed by atoms with E-state index in [1.807, 2.05) is 35.2 Å². The third-order valence-electron chi connectivity index (χ3n) is 7.16. The highest BCUT2D eigenvalue weighted by molar-refractivity contribution is 6.09. The molecule has 3 nitrogen and oxygen atoms in total. The number of benzene rings is 3. The van der Waals surface area contributed by atoms with Crippen molar-refractivity contribution in [1.29, 1.82) is 0 Å². The monoisotopic (exact) mass is 423 g/mol. The zero-order chi connectivity index (χ0) is 22.6. The van der Waals surface area contributed by atoms with Crippen LogP contribution in [-0.4, -0.2) is 11.7 Å². The molecule has 0 aromatic heterocycles. The van der Waals surface area contributed by atoms with Crippen molar-refractivity contribution in [3.05, 3.63) is 88.6 Å². The lowest BCUT2D eigenvalue weighted by Crippen LogP contribution is -2.44. The maximum absolute atomic E-state index is 13.7. The molecule has 5 rings (SSSR count). The number of hydrogen-bond donors (Lipinski definition) is 0. The Morgan fingerprint density at radius 2 is 1.59 bits per heavy atom. The van der Waals surface area contributed by atoms with Crippen molar-refractivity contribution in [2.24, 2.45) is 5.41 Å². The fraction of sp³-hybridized carbons (Fsp3) is 0.310. The minimum absolute atomic E-state index is 0.0703. The zero-order valence-corrected chi connectivity index (χ0v) is 19.2. The number of Topliss-reactive ketones (excluding diaryl/α,β-unsaturated/α-hetero) is 1. The molecule has 0 saturated carbocycles. The predicted octanol–water partition coefficient (Wildman–Crippen LogP) is 6.62. The zero-order valence-electron chi connectivity index (χ0n) is 19.2. The second kappa shape index (κ2) is 7.44. The van der Waals surface area contributed by atoms with Gasteiger partial charge in [-0.2, -0.15) is 0 Å². The summed E-state index contributed by atoms with van der Waals surface area (Å²) in [5, 5.41) is 2.26. The van der Waals surface area contributed by atoms with Gasteiger partial charge in [0.1, 0.15) is 0 Å². The molecule has 1 unspecified atom stereocenters. The van der Waals surface area contributed by atoms with Crippen molar-refractivity contribution in [2.45, 2.75) is 52.9 Å². The fourth-order valence-electron chi connectivity index (χ4n) is 5.49. The number of fused-ring (bicyclic) bond motifs is 1. The standard InChI is InChI=1S/C29H29NO2/c1-18-9-7-14-24(19(18)2)30-25-16-29(3,4)17-26(31)28(25)23(15-27(30)32)22-13-8-11-20-10-5-6-12-21(20)22/h5-14,23H,15-17H2,1-4H3. The van der Waals surface area contributed by atoms with Crippen LogP contribution in [0.3, 0.4) is 0 Å². The molecule has 0 N–H and O–H groups in total. The average molecular weight is 424 g/mol. The molecule has 1 heterocycles. The molecule has 1 amide bonds. The summed E-state index contributed by atoms with van der Waals surface area (Å²) in [6.45, 7) is 8.38. The lowest BCUT2D eigenvalue weighted by molar-refractivity contribution is -0.121. The maximum atomic E-state index is 13.7. The molecule has 0 radical (unpaired) electrons. The van der Waals surface area contributed by atoms with Crippen molar-refractivity contribution in [1.82, 2.24) is 0 Å². The molecular formula is C29H29NO2. The highest BCUT2D eigenvalue weighted by Gasteiger charge is 2.44. The summed E-state index contributed by atoms with van der Waals surface area (Å²) in [5.74, 6) is 0.0476. The molecule has 0 fully saturated rings. The summed E-state index contributed by atoms with van der Waals surface area (Å²) < 4.78 is 0. The number of aryl methyl sites for hydroxylation is 1. The molecule has 0 bridgehead atoms. The summed E-state index contributed by atoms with van der Waals surface area (Å²) in [4.78, 5) is 29.2. The Morgan fingerprint density at radius 1 is 0.875 bits per heavy atom. The molecule has 3 aromatic carbocycles. The Morgan fingerprint density at radius 3 is 2.41 bits per heavy atom. The predicted molar refractivity (Wildman–Crippen MR) is 130 cm³/mol. The van der Waals surface area contributed by atoms with E-state index in [9.17, 15) is 9.59 Å². The number of rotatable bonds is 2. The van der Waals surface area contributed by atoms with E-state index in [1.165, 1.54) is 0 Å². The van der Waals surface area contributed by atoms with E-state index in [1.54, 1.807) is 0 Å². The first kappa shape index (κ1) is 20.7. The highest BCUT2D eigenvalue weighted by atomic mass is 16.2. The fourth-order valence-corrected chi connectivity index (χ4v) is 5.49. The average Bonchev–Trinajstić information content (AvgIpc) is 2.74. The summed E-state index contributed by atoms with van der Waals surface area (Å²) in [6, 6.07) is 20.5. The minimum Gasteiger partial charge on any atom is -0.294 e. The number of hydrogen-bond acceptors (Lipinski definition) is 2. The quantitative estimate of drug-likeness (QED) is 0.464. The largest absolute Gasteiger partial charge is 0.294 e. The molecule has 1 atom stereocenters. The minimum atomic E-state index is -0.200. The smallest absolute Gasteiger partial charge is 0.232 e. The van der Waals surface area contributed by atoms with Crippen LogP contribution in [-0.2, 0) is 9.59 Å². The van der Waals surface area contributed by atoms with E-state index >= 15 is 0 Å². The van der Waals surface area contributed by atoms with Gasteiger partial charge in [-0.25, -0.2) is 0 Å². The first-order chi connectivity index (χ1) is 15.3. The van der Waals surface area contributed by atoms with Gasteiger partial charge in [-0.05, 0) is 59.2 Å². The molecule has 162 valence electrons. The maximum Gasteiger partial charge on any atom is 0.232 e. The number of carbonyl (C=O) groups excluding carboxylic acids is 2. The number of ketones is 1. The molecule has 1 aliphatic heterocycles. The van der Waals surface area contributed by atoms with Gasteiger partial charge < -0.3 is 0 Å². The van der Waals surface area contributed by atoms with Crippen LogP contribution in [0.1, 0.15) is 55.7 Å². The van der Waals surface area contributed by atoms with Crippen LogP contribution < -0.4 is 4.90 Å². The number of amides is 1. The van der Waals surface area contributed by atoms with Crippen LogP contribution in [0.2, 0.25) is 0 Å². The van der Waals surface area contributed by atoms with E-state index in [0.29, 0.717) is 19.3 Å². The normalized spacial score (nSPS) is 20.6. The Labute approximate surface area is 189 Å². The second-order valence-electron chi connectivity index (χ2n) is 10.1. The number of anilines is 1. The van der Waals surface area contributed by atoms with Gasteiger partial charge >= 0.3 is 0 Å². The molecule has 32 heavy (non-hydrogen) atoms. The van der Waals surface area contributed by atoms with Crippen molar-refractivity contribution >= 4 is 28.2 Å². The summed E-state index contributed by atoms with van der Waals surface area (Å²) in [7, 11) is 0. The van der Waals surface area contributed by atoms with Crippen molar-refractivity contribution < 1.29 is 9.59 Å². The van der Waals surface area contributed by atoms with Gasteiger partial charge in [-0.15, -0.1) is 0 Å². The molecule has 2 aliphatic rings. The van der Waals surface area contributed by atoms with Crippen LogP contribution in [0.4, 0.5) is 5.69 Å². The van der Waals surface area contributed by atoms with Crippen LogP contribution >= 0.6 is 0 Å². The molecule has 1 aliphatic carbocycles. The molecular weight excluding hydrogens is 394 g/mol. The van der Waals surface area contributed by atoms with E-state index < -0.39 is 0 Å². The Hall–Kier alpha value is -3.20. The highest BCUT2D eigenvalue weighted by Crippen LogP contribution is 2.49. The van der Waals surface area contributed by atoms with Gasteiger partial charge in [0.25, 0.3) is 0 Å². The van der Waals surface area contributed by atoms with E-state index in [4.69, 9.17) is 0 Å². The summed E-state index contributed by atoms with van der Waals surface area (Å²) in [5.41, 5.74) is 5.78. The van der Waals surface area contributed by atoms with Gasteiger partial charge in [-0.3, -0.25) is 14.5 Å². The van der Waals surface area contributed by atoms with Crippen LogP contribution in [0.5, 0.6) is 0 Å². The Bertz CT molecular complexity index is 1290. The molecule has 3 aromatic rings. The van der Waals surface area contributed by atoms with Gasteiger partial charge in [0.15, 0.2) is 5.78 Å². The lowest BCUT2D eigenvalue weighted by Gasteiger charge is -2.43. The molecule has 0 saturated heterocycles. The third-order valence-corrected chi connectivity index (χ3v) is 7.16. The topological polar surface area (TPSA) is 37.4 Å². The van der Waals surface area contributed by atoms with Gasteiger partial charge in [0.2, 0.25) is 5.91 Å². The van der Waals surface area contributed by atoms with E-state index in [2.05, 4.69) is 58.0 Å². The van der Waals surface area contributed by atoms with Crippen molar-refractivity contribution in [2.75, 3.05) is 4.90 Å². The Kier molecular flexibility index (Phi) is 4.81. The van der Waals surface area contributed by atoms with Crippen LogP contribution in [0, 0.1) is 19.3 Å². The number of allylic oxidation sites excluding steroid dienone is 2. The van der Waals surface area contributed by atoms with Crippen molar-refractivity contribution in [3.63, 3.8) is 0 Å². The summed E-state index contributed by atoms with van der Waals surface area (Å²) in [6.07, 6.45) is 1.54. The summed E-state index contributed by atoms with van der Waals surface area (Å²) >= 11 is 0. The first-order valence-corrected chi connectivity index (χ1v) is 11.4. The van der Waals surface area contributed by atoms with Crippen molar-refractivity contribution in [3.8, 4) is 0 Å². The Balaban J connectivity index is 1.76. The lowest BCUT2D eigenvalue weighted by atomic mass is 9.68. The van der Waals surface area contributed by atoms with Crippen LogP contribution in [0.15, 0.2) is 71.9 Å². The SMILES string of the molecule is Cc1cccc(N2C(=O)CC(c3cccc4ccccc34)C3=C2CC(C)(C)CC3=O)c1C. The van der Waals surface area contributed by atoms with E-state index in [-0.39, 0.29) is 23.0 Å². The first-order valence-electron chi connectivity index (χ1n) is 11.4. The van der Waals surface area contributed by atoms with E-state index in [0.717, 1.165) is 44.4 Å². The molecule has 3 heteroatoms. The van der Waals surface area contributed by atoms with Gasteiger partial charge in [0.05, 0.1) is 5.69 Å². The number of carbonyl (C=O) groups is 2. The third kappa shape index (κ3) is 3.28. The molecule has 0 spiro atoms. The second-order valence-corrected chi connectivity index (χ2v) is 10.1. The van der Waals surface area contributed by atoms with Gasteiger partial charge in [0, 0.05) is 30.0 Å².